The molecule has 1 atom stereocenters. The van der Waals surface area contributed by atoms with Crippen LogP contribution in [0, 0.1) is 0 Å². The van der Waals surface area contributed by atoms with E-state index >= 15 is 0 Å². The topological polar surface area (TPSA) is 78.9 Å². The number of piperazine rings is 1. The van der Waals surface area contributed by atoms with Crippen molar-refractivity contribution in [1.82, 2.24) is 25.3 Å². The van der Waals surface area contributed by atoms with Gasteiger partial charge in [-0.1, -0.05) is 30.3 Å². The largest absolute Gasteiger partial charge is 0.364 e. The maximum Gasteiger partial charge on any atom is 0.162 e. The molecular formula is C29H33N7. The molecule has 6 rings (SSSR count). The zero-order valence-corrected chi connectivity index (χ0v) is 21.2. The molecule has 1 aliphatic heterocycles. The third kappa shape index (κ3) is 4.63. The van der Waals surface area contributed by atoms with Crippen molar-refractivity contribution in [3.8, 4) is 11.4 Å². The van der Waals surface area contributed by atoms with Crippen molar-refractivity contribution in [3.63, 3.8) is 0 Å². The number of nitrogens with zero attached hydrogens (tertiary/aromatic N) is 5. The van der Waals surface area contributed by atoms with Gasteiger partial charge in [0.05, 0.1) is 11.7 Å². The fraction of sp³-hybridized carbons (Fsp3) is 0.379. The molecule has 1 aromatic carbocycles. The van der Waals surface area contributed by atoms with E-state index in [-0.39, 0.29) is 11.6 Å². The van der Waals surface area contributed by atoms with Gasteiger partial charge in [0.15, 0.2) is 5.82 Å². The molecule has 4 aromatic rings. The van der Waals surface area contributed by atoms with Gasteiger partial charge in [0.2, 0.25) is 0 Å². The van der Waals surface area contributed by atoms with Crippen LogP contribution in [0.1, 0.15) is 56.7 Å². The van der Waals surface area contributed by atoms with Crippen molar-refractivity contribution in [1.29, 1.82) is 0 Å². The van der Waals surface area contributed by atoms with E-state index in [0.29, 0.717) is 11.7 Å². The Morgan fingerprint density at radius 1 is 1.08 bits per heavy atom. The van der Waals surface area contributed by atoms with Gasteiger partial charge in [0, 0.05) is 54.6 Å². The zero-order valence-electron chi connectivity index (χ0n) is 21.2. The summed E-state index contributed by atoms with van der Waals surface area (Å²) in [6.07, 6.45) is 8.18. The Morgan fingerprint density at radius 3 is 2.69 bits per heavy atom. The van der Waals surface area contributed by atoms with E-state index in [1.807, 2.05) is 36.8 Å². The number of anilines is 2. The van der Waals surface area contributed by atoms with Gasteiger partial charge in [0.1, 0.15) is 11.6 Å². The van der Waals surface area contributed by atoms with Gasteiger partial charge in [0.25, 0.3) is 0 Å². The first-order valence-corrected chi connectivity index (χ1v) is 12.9. The van der Waals surface area contributed by atoms with Crippen LogP contribution in [-0.4, -0.2) is 45.1 Å². The average molecular weight is 480 g/mol. The summed E-state index contributed by atoms with van der Waals surface area (Å²) in [5.74, 6) is 3.11. The Kier molecular flexibility index (Phi) is 5.80. The molecule has 1 unspecified atom stereocenters. The monoisotopic (exact) mass is 479 g/mol. The molecule has 0 spiro atoms. The van der Waals surface area contributed by atoms with Gasteiger partial charge >= 0.3 is 0 Å². The van der Waals surface area contributed by atoms with E-state index in [2.05, 4.69) is 70.5 Å². The molecule has 2 fully saturated rings. The third-order valence-electron chi connectivity index (χ3n) is 7.19. The van der Waals surface area contributed by atoms with Crippen molar-refractivity contribution >= 4 is 22.5 Å². The Hall–Kier alpha value is -3.58. The van der Waals surface area contributed by atoms with Gasteiger partial charge in [-0.2, -0.15) is 0 Å². The van der Waals surface area contributed by atoms with Crippen LogP contribution in [0.25, 0.3) is 22.3 Å². The number of benzene rings is 1. The number of fused-ring (bicyclic) bond motifs is 1. The molecule has 1 saturated carbocycles. The van der Waals surface area contributed by atoms with Crippen LogP contribution < -0.4 is 15.5 Å². The Morgan fingerprint density at radius 2 is 1.92 bits per heavy atom. The molecule has 2 aliphatic rings. The number of pyridine rings is 2. The lowest BCUT2D eigenvalue weighted by molar-refractivity contribution is 0.352. The second-order valence-corrected chi connectivity index (χ2v) is 10.7. The quantitative estimate of drug-likeness (QED) is 0.387. The van der Waals surface area contributed by atoms with Crippen LogP contribution >= 0.6 is 0 Å². The lowest BCUT2D eigenvalue weighted by Crippen LogP contribution is -2.57. The number of hydrogen-bond donors (Lipinski definition) is 2. The van der Waals surface area contributed by atoms with E-state index in [9.17, 15) is 0 Å². The van der Waals surface area contributed by atoms with E-state index in [4.69, 9.17) is 9.97 Å². The summed E-state index contributed by atoms with van der Waals surface area (Å²) in [7, 11) is 0. The van der Waals surface area contributed by atoms with Gasteiger partial charge in [-0.05, 0) is 62.8 Å². The fourth-order valence-corrected chi connectivity index (χ4v) is 5.17. The van der Waals surface area contributed by atoms with Gasteiger partial charge < -0.3 is 15.5 Å². The summed E-state index contributed by atoms with van der Waals surface area (Å²) >= 11 is 0. The summed E-state index contributed by atoms with van der Waals surface area (Å²) in [4.78, 5) is 21.8. The Bertz CT molecular complexity index is 1380. The molecule has 4 heterocycles. The molecule has 0 amide bonds. The minimum atomic E-state index is 0.0177. The predicted molar refractivity (Wildman–Crippen MR) is 145 cm³/mol. The van der Waals surface area contributed by atoms with Crippen LogP contribution in [0.15, 0.2) is 61.1 Å². The minimum absolute atomic E-state index is 0.0177. The molecule has 2 N–H and O–H groups in total. The van der Waals surface area contributed by atoms with Crippen LogP contribution in [0.5, 0.6) is 0 Å². The maximum absolute atomic E-state index is 5.21. The molecule has 7 nitrogen and oxygen atoms in total. The zero-order chi connectivity index (χ0) is 24.7. The van der Waals surface area contributed by atoms with Gasteiger partial charge in [-0.25, -0.2) is 15.0 Å². The molecule has 0 radical (unpaired) electrons. The Labute approximate surface area is 212 Å². The molecule has 1 aliphatic carbocycles. The summed E-state index contributed by atoms with van der Waals surface area (Å²) in [6, 6.07) is 14.6. The molecule has 7 heteroatoms. The molecule has 36 heavy (non-hydrogen) atoms. The maximum atomic E-state index is 5.21. The second-order valence-electron chi connectivity index (χ2n) is 10.7. The second kappa shape index (κ2) is 9.13. The fourth-order valence-electron chi connectivity index (χ4n) is 5.17. The van der Waals surface area contributed by atoms with E-state index in [0.717, 1.165) is 42.4 Å². The number of aromatic nitrogens is 4. The van der Waals surface area contributed by atoms with Crippen molar-refractivity contribution in [3.05, 3.63) is 72.2 Å². The van der Waals surface area contributed by atoms with Crippen molar-refractivity contribution < 1.29 is 0 Å². The molecular weight excluding hydrogens is 446 g/mol. The summed E-state index contributed by atoms with van der Waals surface area (Å²) in [5.41, 5.74) is 4.39. The molecule has 0 bridgehead atoms. The van der Waals surface area contributed by atoms with Crippen molar-refractivity contribution in [2.24, 2.45) is 0 Å². The number of rotatable bonds is 6. The molecule has 1 saturated heterocycles. The van der Waals surface area contributed by atoms with E-state index < -0.39 is 0 Å². The smallest absolute Gasteiger partial charge is 0.162 e. The normalized spacial score (nSPS) is 18.2. The lowest BCUT2D eigenvalue weighted by Gasteiger charge is -2.40. The minimum Gasteiger partial charge on any atom is -0.364 e. The highest BCUT2D eigenvalue weighted by atomic mass is 15.3. The predicted octanol–water partition coefficient (Wildman–Crippen LogP) is 5.33. The first-order chi connectivity index (χ1) is 17.5. The molecule has 3 aromatic heterocycles. The van der Waals surface area contributed by atoms with E-state index in [1.54, 1.807) is 0 Å². The van der Waals surface area contributed by atoms with Gasteiger partial charge in [-0.3, -0.25) is 4.98 Å². The summed E-state index contributed by atoms with van der Waals surface area (Å²) < 4.78 is 0. The van der Waals surface area contributed by atoms with Crippen molar-refractivity contribution in [2.45, 2.75) is 51.1 Å². The first kappa shape index (κ1) is 22.9. The number of hydrogen-bond acceptors (Lipinski definition) is 7. The van der Waals surface area contributed by atoms with Crippen LogP contribution in [-0.2, 0) is 0 Å². The van der Waals surface area contributed by atoms with Crippen LogP contribution in [0.3, 0.4) is 0 Å². The first-order valence-electron chi connectivity index (χ1n) is 12.9. The highest BCUT2D eigenvalue weighted by molar-refractivity contribution is 5.94. The standard InChI is InChI=1S/C29H33N7/c1-19(20-7-5-4-6-8-20)33-25-15-22(11-12-31-25)27-34-24-17-30-16-23(21-9-10-21)26(24)28(35-27)36-14-13-32-29(2,3)18-36/h4-8,11-12,15-17,19,21,32H,9-10,13-14,18H2,1-3H3,(H,31,33). The Balaban J connectivity index is 1.41. The summed E-state index contributed by atoms with van der Waals surface area (Å²) in [6.45, 7) is 9.38. The highest BCUT2D eigenvalue weighted by Gasteiger charge is 2.32. The SMILES string of the molecule is CC(Nc1cc(-c2nc(N3CCNC(C)(C)C3)c3c(C4CC4)cncc3n2)ccn1)c1ccccc1. The van der Waals surface area contributed by atoms with Crippen LogP contribution in [0.2, 0.25) is 0 Å². The lowest BCUT2D eigenvalue weighted by atomic mass is 10.0. The third-order valence-corrected chi connectivity index (χ3v) is 7.19. The highest BCUT2D eigenvalue weighted by Crippen LogP contribution is 2.45. The molecule has 184 valence electrons. The summed E-state index contributed by atoms with van der Waals surface area (Å²) in [5, 5.41) is 8.32. The number of nitrogens with one attached hydrogen (secondary N) is 2. The van der Waals surface area contributed by atoms with Gasteiger partial charge in [-0.15, -0.1) is 0 Å². The average Bonchev–Trinajstić information content (AvgIpc) is 3.73. The van der Waals surface area contributed by atoms with E-state index in [1.165, 1.54) is 29.4 Å². The van der Waals surface area contributed by atoms with Crippen molar-refractivity contribution in [2.75, 3.05) is 29.9 Å². The van der Waals surface area contributed by atoms with Crippen LogP contribution in [0.4, 0.5) is 11.6 Å².